The first-order chi connectivity index (χ1) is 16.1. The summed E-state index contributed by atoms with van der Waals surface area (Å²) in [6.45, 7) is 0.357. The van der Waals surface area contributed by atoms with Crippen molar-refractivity contribution in [2.24, 2.45) is 0 Å². The van der Waals surface area contributed by atoms with Crippen molar-refractivity contribution in [2.45, 2.75) is 6.54 Å². The number of nitrogens with one attached hydrogen (secondary N) is 1. The minimum Gasteiger partial charge on any atom is -0.454 e. The van der Waals surface area contributed by atoms with Crippen molar-refractivity contribution in [3.05, 3.63) is 88.1 Å². The molecule has 0 fully saturated rings. The number of ether oxygens (including phenoxy) is 3. The Morgan fingerprint density at radius 2 is 1.85 bits per heavy atom. The van der Waals surface area contributed by atoms with E-state index in [1.54, 1.807) is 24.3 Å². The number of fused-ring (bicyclic) bond motifs is 2. The summed E-state index contributed by atoms with van der Waals surface area (Å²) < 4.78 is 17.4. The van der Waals surface area contributed by atoms with E-state index in [2.05, 4.69) is 21.2 Å². The number of hydrogen-bond donors (Lipinski definition) is 1. The maximum Gasteiger partial charge on any atom is 0.294 e. The number of hydrogen-bond acceptors (Lipinski definition) is 5. The van der Waals surface area contributed by atoms with Gasteiger partial charge in [-0.05, 0) is 53.6 Å². The zero-order chi connectivity index (χ0) is 22.8. The molecular weight excluding hydrogens is 488 g/mol. The second kappa shape index (κ2) is 8.99. The topological polar surface area (TPSA) is 77.1 Å². The summed E-state index contributed by atoms with van der Waals surface area (Å²) in [5.41, 5.74) is 2.22. The molecule has 0 saturated heterocycles. The number of carbonyl (C=O) groups is 2. The number of nitrogens with zero attached hydrogens (tertiary/aromatic N) is 1. The van der Waals surface area contributed by atoms with Gasteiger partial charge in [0.25, 0.3) is 5.91 Å². The lowest BCUT2D eigenvalue weighted by molar-refractivity contribution is -0.123. The number of rotatable bonds is 5. The molecule has 7 nitrogen and oxygen atoms in total. The number of para-hydroxylation sites is 2. The van der Waals surface area contributed by atoms with Crippen LogP contribution in [0, 0.1) is 0 Å². The third-order valence-electron chi connectivity index (χ3n) is 5.21. The summed E-state index contributed by atoms with van der Waals surface area (Å²) >= 11 is 3.43. The Hall–Kier alpha value is -3.78. The lowest BCUT2D eigenvalue weighted by Crippen LogP contribution is -2.44. The Balaban J connectivity index is 1.33. The molecular formula is C25H19BrN2O5. The normalized spacial score (nSPS) is 15.2. The highest BCUT2D eigenvalue weighted by Gasteiger charge is 2.31. The molecule has 0 atom stereocenters. The van der Waals surface area contributed by atoms with Gasteiger partial charge in [0.15, 0.2) is 23.0 Å². The summed E-state index contributed by atoms with van der Waals surface area (Å²) in [7, 11) is 0. The Bertz CT molecular complexity index is 1270. The van der Waals surface area contributed by atoms with Gasteiger partial charge in [0.05, 0.1) is 5.69 Å². The first-order valence-electron chi connectivity index (χ1n) is 10.3. The molecule has 1 N–H and O–H groups in total. The molecule has 0 aliphatic carbocycles. The van der Waals surface area contributed by atoms with E-state index in [4.69, 9.17) is 14.2 Å². The second-order valence-electron chi connectivity index (χ2n) is 7.49. The summed E-state index contributed by atoms with van der Waals surface area (Å²) in [4.78, 5) is 27.4. The van der Waals surface area contributed by atoms with Crippen LogP contribution in [0.5, 0.6) is 17.2 Å². The van der Waals surface area contributed by atoms with Crippen molar-refractivity contribution in [3.8, 4) is 17.2 Å². The van der Waals surface area contributed by atoms with Crippen LogP contribution in [0.25, 0.3) is 6.08 Å². The third kappa shape index (κ3) is 4.56. The minimum absolute atomic E-state index is 0.139. The van der Waals surface area contributed by atoms with Crippen LogP contribution in [-0.2, 0) is 16.1 Å². The molecule has 0 spiro atoms. The summed E-state index contributed by atoms with van der Waals surface area (Å²) in [5.74, 6) is 1.33. The smallest absolute Gasteiger partial charge is 0.294 e. The Labute approximate surface area is 198 Å². The first kappa shape index (κ1) is 21.1. The van der Waals surface area contributed by atoms with E-state index >= 15 is 0 Å². The van der Waals surface area contributed by atoms with E-state index in [0.29, 0.717) is 29.5 Å². The van der Waals surface area contributed by atoms with Crippen LogP contribution in [0.4, 0.5) is 5.69 Å². The zero-order valence-electron chi connectivity index (χ0n) is 17.4. The van der Waals surface area contributed by atoms with Crippen molar-refractivity contribution >= 4 is 39.5 Å². The average molecular weight is 507 g/mol. The van der Waals surface area contributed by atoms with Crippen LogP contribution < -0.4 is 24.4 Å². The van der Waals surface area contributed by atoms with E-state index in [1.165, 1.54) is 4.90 Å². The fraction of sp³-hybridized carbons (Fsp3) is 0.120. The summed E-state index contributed by atoms with van der Waals surface area (Å²) in [6, 6.07) is 20.2. The quantitative estimate of drug-likeness (QED) is 0.523. The Kier molecular flexibility index (Phi) is 5.75. The number of benzene rings is 3. The molecule has 0 aromatic heterocycles. The largest absolute Gasteiger partial charge is 0.454 e. The molecule has 8 heteroatoms. The zero-order valence-corrected chi connectivity index (χ0v) is 19.0. The SMILES string of the molecule is O=C(CN1C(=O)/C(=C\c2cccc(Br)c2)Oc2ccccc21)NCc1ccc2c(c1)OCO2. The van der Waals surface area contributed by atoms with Crippen molar-refractivity contribution < 1.29 is 23.8 Å². The van der Waals surface area contributed by atoms with Gasteiger partial charge in [-0.2, -0.15) is 0 Å². The fourth-order valence-electron chi connectivity index (χ4n) is 3.62. The molecule has 0 bridgehead atoms. The molecule has 0 unspecified atom stereocenters. The van der Waals surface area contributed by atoms with Gasteiger partial charge in [-0.1, -0.05) is 46.3 Å². The average Bonchev–Trinajstić information content (AvgIpc) is 3.28. The van der Waals surface area contributed by atoms with E-state index in [0.717, 1.165) is 15.6 Å². The summed E-state index contributed by atoms with van der Waals surface area (Å²) in [6.07, 6.45) is 1.67. The molecule has 0 radical (unpaired) electrons. The van der Waals surface area contributed by atoms with Crippen LogP contribution in [0.3, 0.4) is 0 Å². The lowest BCUT2D eigenvalue weighted by atomic mass is 10.1. The number of anilines is 1. The van der Waals surface area contributed by atoms with Crippen LogP contribution in [0.15, 0.2) is 77.0 Å². The van der Waals surface area contributed by atoms with Crippen LogP contribution in [0.2, 0.25) is 0 Å². The first-order valence-corrected chi connectivity index (χ1v) is 11.1. The molecule has 2 aliphatic rings. The fourth-order valence-corrected chi connectivity index (χ4v) is 4.03. The van der Waals surface area contributed by atoms with Crippen LogP contribution in [-0.4, -0.2) is 25.2 Å². The highest BCUT2D eigenvalue weighted by Crippen LogP contribution is 2.36. The Morgan fingerprint density at radius 1 is 1.00 bits per heavy atom. The maximum absolute atomic E-state index is 13.2. The molecule has 0 saturated carbocycles. The molecule has 2 aliphatic heterocycles. The predicted octanol–water partition coefficient (Wildman–Crippen LogP) is 4.26. The van der Waals surface area contributed by atoms with Gasteiger partial charge in [-0.25, -0.2) is 0 Å². The monoisotopic (exact) mass is 506 g/mol. The van der Waals surface area contributed by atoms with Gasteiger partial charge in [0.1, 0.15) is 6.54 Å². The van der Waals surface area contributed by atoms with E-state index < -0.39 is 0 Å². The molecule has 33 heavy (non-hydrogen) atoms. The minimum atomic E-state index is -0.382. The highest BCUT2D eigenvalue weighted by atomic mass is 79.9. The standard InChI is InChI=1S/C25H19BrN2O5/c26-18-5-3-4-16(10-18)11-23-25(30)28(19-6-1-2-7-20(19)33-23)14-24(29)27-13-17-8-9-21-22(12-17)32-15-31-21/h1-12H,13-15H2,(H,27,29)/b23-11+. The highest BCUT2D eigenvalue weighted by molar-refractivity contribution is 9.10. The molecule has 5 rings (SSSR count). The van der Waals surface area contributed by atoms with Crippen molar-refractivity contribution in [1.82, 2.24) is 5.32 Å². The van der Waals surface area contributed by atoms with Crippen LogP contribution >= 0.6 is 15.9 Å². The van der Waals surface area contributed by atoms with Gasteiger partial charge >= 0.3 is 0 Å². The van der Waals surface area contributed by atoms with Crippen LogP contribution in [0.1, 0.15) is 11.1 Å². The number of carbonyl (C=O) groups excluding carboxylic acids is 2. The predicted molar refractivity (Wildman–Crippen MR) is 126 cm³/mol. The van der Waals surface area contributed by atoms with Gasteiger partial charge in [0, 0.05) is 11.0 Å². The van der Waals surface area contributed by atoms with E-state index in [9.17, 15) is 9.59 Å². The van der Waals surface area contributed by atoms with E-state index in [-0.39, 0.29) is 30.9 Å². The number of amides is 2. The molecule has 3 aromatic carbocycles. The maximum atomic E-state index is 13.2. The lowest BCUT2D eigenvalue weighted by Gasteiger charge is -2.30. The van der Waals surface area contributed by atoms with Gasteiger partial charge in [-0.3, -0.25) is 14.5 Å². The molecule has 2 heterocycles. The summed E-state index contributed by atoms with van der Waals surface area (Å²) in [5, 5.41) is 2.87. The molecule has 3 aromatic rings. The number of halogens is 1. The van der Waals surface area contributed by atoms with Crippen molar-refractivity contribution in [1.29, 1.82) is 0 Å². The van der Waals surface area contributed by atoms with Crippen molar-refractivity contribution in [2.75, 3.05) is 18.2 Å². The Morgan fingerprint density at radius 3 is 2.73 bits per heavy atom. The van der Waals surface area contributed by atoms with Gasteiger partial charge in [-0.15, -0.1) is 0 Å². The second-order valence-corrected chi connectivity index (χ2v) is 8.40. The van der Waals surface area contributed by atoms with Gasteiger partial charge < -0.3 is 19.5 Å². The third-order valence-corrected chi connectivity index (χ3v) is 5.70. The molecule has 166 valence electrons. The molecule has 2 amide bonds. The van der Waals surface area contributed by atoms with E-state index in [1.807, 2.05) is 48.5 Å². The van der Waals surface area contributed by atoms with Gasteiger partial charge in [0.2, 0.25) is 12.7 Å². The van der Waals surface area contributed by atoms with Crippen molar-refractivity contribution in [3.63, 3.8) is 0 Å².